The van der Waals surface area contributed by atoms with E-state index >= 15 is 0 Å². The summed E-state index contributed by atoms with van der Waals surface area (Å²) in [5.41, 5.74) is 5.75. The molecule has 1 unspecified atom stereocenters. The molecular formula is C18H22N2O2S. The van der Waals surface area contributed by atoms with Gasteiger partial charge in [0, 0.05) is 15.8 Å². The monoisotopic (exact) mass is 330 g/mol. The van der Waals surface area contributed by atoms with Crippen molar-refractivity contribution in [3.05, 3.63) is 45.5 Å². The molecule has 0 aliphatic heterocycles. The van der Waals surface area contributed by atoms with E-state index in [0.29, 0.717) is 11.3 Å². The van der Waals surface area contributed by atoms with E-state index in [9.17, 15) is 4.79 Å². The first-order valence-corrected chi connectivity index (χ1v) is 8.78. The summed E-state index contributed by atoms with van der Waals surface area (Å²) in [7, 11) is 0. The van der Waals surface area contributed by atoms with E-state index in [1.165, 1.54) is 10.4 Å². The van der Waals surface area contributed by atoms with E-state index < -0.39 is 0 Å². The Balaban J connectivity index is 1.68. The highest BCUT2D eigenvalue weighted by molar-refractivity contribution is 7.10. The molecular weight excluding hydrogens is 308 g/mol. The van der Waals surface area contributed by atoms with Crippen LogP contribution < -0.4 is 5.43 Å². The van der Waals surface area contributed by atoms with Gasteiger partial charge in [-0.2, -0.15) is 5.10 Å². The SMILES string of the molecule is CC(C)(C)C1CCc2c(C(=O)N/N=C/c3ccoc3)csc2C1. The fourth-order valence-electron chi connectivity index (χ4n) is 3.02. The summed E-state index contributed by atoms with van der Waals surface area (Å²) in [5, 5.41) is 5.96. The van der Waals surface area contributed by atoms with Crippen LogP contribution in [0.1, 0.15) is 53.6 Å². The minimum atomic E-state index is -0.128. The average Bonchev–Trinajstić information content (AvgIpc) is 3.14. The summed E-state index contributed by atoms with van der Waals surface area (Å²) < 4.78 is 4.95. The summed E-state index contributed by atoms with van der Waals surface area (Å²) in [6.45, 7) is 6.90. The number of hydrogen-bond acceptors (Lipinski definition) is 4. The topological polar surface area (TPSA) is 54.6 Å². The fraction of sp³-hybridized carbons (Fsp3) is 0.444. The Bertz CT molecular complexity index is 708. The number of rotatable bonds is 3. The van der Waals surface area contributed by atoms with Crippen molar-refractivity contribution in [1.82, 2.24) is 5.43 Å². The van der Waals surface area contributed by atoms with Gasteiger partial charge in [0.2, 0.25) is 0 Å². The Morgan fingerprint density at radius 1 is 1.48 bits per heavy atom. The quantitative estimate of drug-likeness (QED) is 0.675. The summed E-state index contributed by atoms with van der Waals surface area (Å²) in [6, 6.07) is 1.79. The number of hydrazone groups is 1. The standard InChI is InChI=1S/C18H22N2O2S/c1-18(2,3)13-4-5-14-15(11-23-16(14)8-13)17(21)20-19-9-12-6-7-22-10-12/h6-7,9-11,13H,4-5,8H2,1-3H3,(H,20,21)/b19-9+. The molecule has 2 aromatic heterocycles. The second-order valence-electron chi connectivity index (χ2n) is 7.11. The maximum atomic E-state index is 12.3. The lowest BCUT2D eigenvalue weighted by atomic mass is 9.72. The van der Waals surface area contributed by atoms with Crippen molar-refractivity contribution in [2.75, 3.05) is 0 Å². The number of carbonyl (C=O) groups excluding carboxylic acids is 1. The van der Waals surface area contributed by atoms with Crippen molar-refractivity contribution in [3.63, 3.8) is 0 Å². The van der Waals surface area contributed by atoms with E-state index in [1.54, 1.807) is 36.1 Å². The molecule has 1 aliphatic carbocycles. The minimum Gasteiger partial charge on any atom is -0.472 e. The maximum absolute atomic E-state index is 12.3. The zero-order chi connectivity index (χ0) is 16.4. The number of fused-ring (bicyclic) bond motifs is 1. The highest BCUT2D eigenvalue weighted by Crippen LogP contribution is 2.40. The van der Waals surface area contributed by atoms with E-state index in [2.05, 4.69) is 31.3 Å². The molecule has 122 valence electrons. The van der Waals surface area contributed by atoms with Crippen molar-refractivity contribution >= 4 is 23.5 Å². The first-order chi connectivity index (χ1) is 10.9. The Labute approximate surface area is 140 Å². The molecule has 23 heavy (non-hydrogen) atoms. The average molecular weight is 330 g/mol. The number of hydrogen-bond donors (Lipinski definition) is 1. The minimum absolute atomic E-state index is 0.128. The molecule has 0 spiro atoms. The molecule has 0 radical (unpaired) electrons. The van der Waals surface area contributed by atoms with Gasteiger partial charge in [0.1, 0.15) is 0 Å². The number of nitrogens with zero attached hydrogens (tertiary/aromatic N) is 1. The van der Waals surface area contributed by atoms with E-state index in [0.717, 1.165) is 30.4 Å². The van der Waals surface area contributed by atoms with Gasteiger partial charge in [-0.3, -0.25) is 4.79 Å². The van der Waals surface area contributed by atoms with Gasteiger partial charge in [-0.1, -0.05) is 20.8 Å². The molecule has 2 aromatic rings. The molecule has 0 aromatic carbocycles. The smallest absolute Gasteiger partial charge is 0.272 e. The molecule has 2 heterocycles. The van der Waals surface area contributed by atoms with Gasteiger partial charge in [-0.05, 0) is 42.2 Å². The lowest BCUT2D eigenvalue weighted by Gasteiger charge is -2.33. The highest BCUT2D eigenvalue weighted by atomic mass is 32.1. The van der Waals surface area contributed by atoms with Crippen LogP contribution in [0.4, 0.5) is 0 Å². The first kappa shape index (κ1) is 16.0. The van der Waals surface area contributed by atoms with Gasteiger partial charge < -0.3 is 4.42 Å². The van der Waals surface area contributed by atoms with Gasteiger partial charge in [-0.25, -0.2) is 5.43 Å². The van der Waals surface area contributed by atoms with E-state index in [1.807, 2.05) is 5.38 Å². The zero-order valence-electron chi connectivity index (χ0n) is 13.8. The predicted octanol–water partition coefficient (Wildman–Crippen LogP) is 4.26. The van der Waals surface area contributed by atoms with Crippen LogP contribution in [0.5, 0.6) is 0 Å². The molecule has 1 N–H and O–H groups in total. The van der Waals surface area contributed by atoms with Crippen LogP contribution in [0.25, 0.3) is 0 Å². The molecule has 4 nitrogen and oxygen atoms in total. The van der Waals surface area contributed by atoms with Crippen LogP contribution >= 0.6 is 11.3 Å². The molecule has 1 amide bonds. The van der Waals surface area contributed by atoms with E-state index in [-0.39, 0.29) is 5.91 Å². The third-order valence-electron chi connectivity index (χ3n) is 4.55. The largest absolute Gasteiger partial charge is 0.472 e. The number of amides is 1. The number of nitrogens with one attached hydrogen (secondary N) is 1. The molecule has 0 fully saturated rings. The molecule has 1 atom stereocenters. The summed E-state index contributed by atoms with van der Waals surface area (Å²) in [5.74, 6) is 0.556. The van der Waals surface area contributed by atoms with Gasteiger partial charge in [-0.15, -0.1) is 11.3 Å². The first-order valence-electron chi connectivity index (χ1n) is 7.90. The van der Waals surface area contributed by atoms with Crippen LogP contribution in [-0.2, 0) is 12.8 Å². The fourth-order valence-corrected chi connectivity index (χ4v) is 4.18. The number of thiophene rings is 1. The number of furan rings is 1. The molecule has 0 saturated carbocycles. The Kier molecular flexibility index (Phi) is 4.39. The van der Waals surface area contributed by atoms with Crippen LogP contribution in [0.15, 0.2) is 33.5 Å². The number of carbonyl (C=O) groups is 1. The van der Waals surface area contributed by atoms with Gasteiger partial charge in [0.25, 0.3) is 5.91 Å². The summed E-state index contributed by atoms with van der Waals surface area (Å²) >= 11 is 1.70. The van der Waals surface area contributed by atoms with Crippen molar-refractivity contribution in [1.29, 1.82) is 0 Å². The van der Waals surface area contributed by atoms with Crippen LogP contribution in [-0.4, -0.2) is 12.1 Å². The second kappa shape index (κ2) is 6.32. The van der Waals surface area contributed by atoms with E-state index in [4.69, 9.17) is 4.42 Å². The van der Waals surface area contributed by atoms with Crippen molar-refractivity contribution in [2.45, 2.75) is 40.0 Å². The molecule has 0 saturated heterocycles. The third-order valence-corrected chi connectivity index (χ3v) is 5.60. The Hall–Kier alpha value is -1.88. The highest BCUT2D eigenvalue weighted by Gasteiger charge is 2.31. The van der Waals surface area contributed by atoms with Crippen LogP contribution in [0, 0.1) is 11.3 Å². The van der Waals surface area contributed by atoms with Gasteiger partial charge >= 0.3 is 0 Å². The van der Waals surface area contributed by atoms with Crippen LogP contribution in [0.3, 0.4) is 0 Å². The Morgan fingerprint density at radius 2 is 2.30 bits per heavy atom. The molecule has 5 heteroatoms. The predicted molar refractivity (Wildman–Crippen MR) is 93.1 cm³/mol. The van der Waals surface area contributed by atoms with Crippen molar-refractivity contribution in [3.8, 4) is 0 Å². The second-order valence-corrected chi connectivity index (χ2v) is 8.08. The lowest BCUT2D eigenvalue weighted by Crippen LogP contribution is -2.27. The van der Waals surface area contributed by atoms with Crippen molar-refractivity contribution in [2.24, 2.45) is 16.4 Å². The molecule has 1 aliphatic rings. The Morgan fingerprint density at radius 3 is 3.00 bits per heavy atom. The molecule has 3 rings (SSSR count). The molecule has 0 bridgehead atoms. The summed E-state index contributed by atoms with van der Waals surface area (Å²) in [6.07, 6.45) is 7.94. The zero-order valence-corrected chi connectivity index (χ0v) is 14.6. The maximum Gasteiger partial charge on any atom is 0.272 e. The van der Waals surface area contributed by atoms with Crippen LogP contribution in [0.2, 0.25) is 0 Å². The normalized spacial score (nSPS) is 18.1. The lowest BCUT2D eigenvalue weighted by molar-refractivity contribution is 0.0954. The summed E-state index contributed by atoms with van der Waals surface area (Å²) in [4.78, 5) is 13.7. The van der Waals surface area contributed by atoms with Gasteiger partial charge in [0.05, 0.1) is 24.3 Å². The third kappa shape index (κ3) is 3.55. The van der Waals surface area contributed by atoms with Crippen molar-refractivity contribution < 1.29 is 9.21 Å². The van der Waals surface area contributed by atoms with Gasteiger partial charge in [0.15, 0.2) is 0 Å².